The first-order chi connectivity index (χ1) is 10.3. The fourth-order valence-electron chi connectivity index (χ4n) is 2.03. The van der Waals surface area contributed by atoms with Crippen LogP contribution in [0, 0.1) is 0 Å². The minimum atomic E-state index is 0.164. The van der Waals surface area contributed by atoms with Gasteiger partial charge in [0.05, 0.1) is 20.3 Å². The van der Waals surface area contributed by atoms with E-state index in [1.54, 1.807) is 25.4 Å². The van der Waals surface area contributed by atoms with E-state index in [2.05, 4.69) is 19.9 Å². The summed E-state index contributed by atoms with van der Waals surface area (Å²) < 4.78 is 10.4. The molecular formula is C13H14ClN5O2. The Bertz CT molecular complexity index is 634. The number of rotatable bonds is 3. The lowest BCUT2D eigenvalue weighted by atomic mass is 10.2. The van der Waals surface area contributed by atoms with Crippen molar-refractivity contribution >= 4 is 17.5 Å². The van der Waals surface area contributed by atoms with Crippen LogP contribution < -0.4 is 9.64 Å². The average molecular weight is 308 g/mol. The van der Waals surface area contributed by atoms with Crippen molar-refractivity contribution in [3.8, 4) is 17.3 Å². The largest absolute Gasteiger partial charge is 0.481 e. The second-order valence-electron chi connectivity index (χ2n) is 4.41. The number of halogens is 1. The van der Waals surface area contributed by atoms with E-state index in [9.17, 15) is 0 Å². The Morgan fingerprint density at radius 3 is 2.81 bits per heavy atom. The molecule has 3 heterocycles. The molecule has 3 rings (SSSR count). The van der Waals surface area contributed by atoms with Crippen molar-refractivity contribution in [3.05, 3.63) is 23.6 Å². The van der Waals surface area contributed by atoms with Crippen molar-refractivity contribution < 1.29 is 9.47 Å². The zero-order valence-corrected chi connectivity index (χ0v) is 12.2. The number of anilines is 1. The molecule has 0 spiro atoms. The Hall–Kier alpha value is -1.99. The van der Waals surface area contributed by atoms with Crippen LogP contribution in [0.4, 0.5) is 5.95 Å². The third-order valence-corrected chi connectivity index (χ3v) is 3.26. The summed E-state index contributed by atoms with van der Waals surface area (Å²) in [7, 11) is 1.56. The lowest BCUT2D eigenvalue weighted by molar-refractivity contribution is 0.122. The van der Waals surface area contributed by atoms with Crippen molar-refractivity contribution in [1.82, 2.24) is 19.9 Å². The molecule has 0 aromatic carbocycles. The summed E-state index contributed by atoms with van der Waals surface area (Å²) in [5.74, 6) is 1.55. The Labute approximate surface area is 126 Å². The zero-order valence-electron chi connectivity index (χ0n) is 11.5. The third kappa shape index (κ3) is 3.20. The van der Waals surface area contributed by atoms with Gasteiger partial charge in [0.1, 0.15) is 0 Å². The van der Waals surface area contributed by atoms with Crippen molar-refractivity contribution in [1.29, 1.82) is 0 Å². The van der Waals surface area contributed by atoms with Gasteiger partial charge in [0.2, 0.25) is 17.1 Å². The van der Waals surface area contributed by atoms with Crippen molar-refractivity contribution in [2.75, 3.05) is 38.3 Å². The van der Waals surface area contributed by atoms with Crippen LogP contribution in [0.15, 0.2) is 18.3 Å². The molecule has 110 valence electrons. The molecule has 0 saturated carbocycles. The van der Waals surface area contributed by atoms with Gasteiger partial charge in [-0.25, -0.2) is 4.98 Å². The lowest BCUT2D eigenvalue weighted by Crippen LogP contribution is -2.37. The summed E-state index contributed by atoms with van der Waals surface area (Å²) in [6.07, 6.45) is 1.64. The average Bonchev–Trinajstić information content (AvgIpc) is 2.55. The molecule has 7 nitrogen and oxygen atoms in total. The smallest absolute Gasteiger partial charge is 0.230 e. The molecule has 2 aromatic rings. The van der Waals surface area contributed by atoms with Crippen molar-refractivity contribution in [2.45, 2.75) is 0 Å². The van der Waals surface area contributed by atoms with Gasteiger partial charge in [-0.15, -0.1) is 0 Å². The number of nitrogens with zero attached hydrogens (tertiary/aromatic N) is 5. The number of hydrogen-bond donors (Lipinski definition) is 0. The Balaban J connectivity index is 1.96. The number of hydrogen-bond acceptors (Lipinski definition) is 7. The van der Waals surface area contributed by atoms with Gasteiger partial charge in [0, 0.05) is 30.9 Å². The molecule has 0 radical (unpaired) electrons. The van der Waals surface area contributed by atoms with E-state index in [0.717, 1.165) is 18.7 Å². The second-order valence-corrected chi connectivity index (χ2v) is 4.75. The van der Waals surface area contributed by atoms with Crippen molar-refractivity contribution in [2.24, 2.45) is 0 Å². The molecule has 1 aliphatic heterocycles. The maximum absolute atomic E-state index is 6.03. The molecule has 2 aromatic heterocycles. The molecule has 0 amide bonds. The van der Waals surface area contributed by atoms with E-state index >= 15 is 0 Å². The van der Waals surface area contributed by atoms with Crippen LogP contribution in [0.5, 0.6) is 5.88 Å². The molecule has 8 heteroatoms. The standard InChI is InChI=1S/C13H14ClN5O2/c1-20-10-8-9(2-3-15-10)11-16-12(14)18-13(17-11)19-4-6-21-7-5-19/h2-3,8H,4-7H2,1H3. The molecule has 0 N–H and O–H groups in total. The van der Waals surface area contributed by atoms with Crippen molar-refractivity contribution in [3.63, 3.8) is 0 Å². The molecule has 1 saturated heterocycles. The van der Waals surface area contributed by atoms with Crippen LogP contribution in [-0.4, -0.2) is 53.3 Å². The highest BCUT2D eigenvalue weighted by Crippen LogP contribution is 2.22. The summed E-state index contributed by atoms with van der Waals surface area (Å²) in [5, 5.41) is 0.164. The first kappa shape index (κ1) is 14.0. The second kappa shape index (κ2) is 6.19. The quantitative estimate of drug-likeness (QED) is 0.849. The van der Waals surface area contributed by atoms with Gasteiger partial charge in [-0.2, -0.15) is 15.0 Å². The summed E-state index contributed by atoms with van der Waals surface area (Å²) in [5.41, 5.74) is 0.778. The van der Waals surface area contributed by atoms with Gasteiger partial charge in [-0.3, -0.25) is 0 Å². The Morgan fingerprint density at radius 1 is 1.24 bits per heavy atom. The van der Waals surface area contributed by atoms with E-state index in [-0.39, 0.29) is 5.28 Å². The summed E-state index contributed by atoms with van der Waals surface area (Å²) in [6, 6.07) is 3.56. The van der Waals surface area contributed by atoms with Gasteiger partial charge in [-0.05, 0) is 17.7 Å². The SMILES string of the molecule is COc1cc(-c2nc(Cl)nc(N3CCOCC3)n2)ccn1. The highest BCUT2D eigenvalue weighted by Gasteiger charge is 2.16. The number of ether oxygens (including phenoxy) is 2. The number of morpholine rings is 1. The Kier molecular flexibility index (Phi) is 4.12. The molecular weight excluding hydrogens is 294 g/mol. The highest BCUT2D eigenvalue weighted by atomic mass is 35.5. The van der Waals surface area contributed by atoms with Crippen LogP contribution in [0.3, 0.4) is 0 Å². The van der Waals surface area contributed by atoms with Crippen LogP contribution in [0.25, 0.3) is 11.4 Å². The topological polar surface area (TPSA) is 73.3 Å². The monoisotopic (exact) mass is 307 g/mol. The minimum absolute atomic E-state index is 0.164. The van der Waals surface area contributed by atoms with E-state index in [1.165, 1.54) is 0 Å². The maximum Gasteiger partial charge on any atom is 0.230 e. The van der Waals surface area contributed by atoms with E-state index in [0.29, 0.717) is 30.9 Å². The molecule has 21 heavy (non-hydrogen) atoms. The van der Waals surface area contributed by atoms with E-state index in [1.807, 2.05) is 4.90 Å². The number of pyridine rings is 1. The van der Waals surface area contributed by atoms with Gasteiger partial charge < -0.3 is 14.4 Å². The Morgan fingerprint density at radius 2 is 2.05 bits per heavy atom. The van der Waals surface area contributed by atoms with Crippen LogP contribution >= 0.6 is 11.6 Å². The first-order valence-corrected chi connectivity index (χ1v) is 6.89. The summed E-state index contributed by atoms with van der Waals surface area (Å²) in [4.78, 5) is 18.9. The molecule has 0 atom stereocenters. The normalized spacial score (nSPS) is 15.0. The molecule has 0 aliphatic carbocycles. The first-order valence-electron chi connectivity index (χ1n) is 6.51. The predicted molar refractivity (Wildman–Crippen MR) is 77.7 cm³/mol. The van der Waals surface area contributed by atoms with Crippen LogP contribution in [-0.2, 0) is 4.74 Å². The lowest BCUT2D eigenvalue weighted by Gasteiger charge is -2.26. The fourth-order valence-corrected chi connectivity index (χ4v) is 2.19. The molecule has 0 unspecified atom stereocenters. The molecule has 1 aliphatic rings. The summed E-state index contributed by atoms with van der Waals surface area (Å²) >= 11 is 6.03. The van der Waals surface area contributed by atoms with Crippen LogP contribution in [0.2, 0.25) is 5.28 Å². The van der Waals surface area contributed by atoms with Gasteiger partial charge in [0.15, 0.2) is 5.82 Å². The number of methoxy groups -OCH3 is 1. The van der Waals surface area contributed by atoms with E-state index in [4.69, 9.17) is 21.1 Å². The molecule has 1 fully saturated rings. The summed E-state index contributed by atoms with van der Waals surface area (Å²) in [6.45, 7) is 2.78. The third-order valence-electron chi connectivity index (χ3n) is 3.09. The predicted octanol–water partition coefficient (Wildman–Crippen LogP) is 1.43. The van der Waals surface area contributed by atoms with Gasteiger partial charge in [-0.1, -0.05) is 0 Å². The van der Waals surface area contributed by atoms with Gasteiger partial charge in [0.25, 0.3) is 0 Å². The van der Waals surface area contributed by atoms with E-state index < -0.39 is 0 Å². The minimum Gasteiger partial charge on any atom is -0.481 e. The maximum atomic E-state index is 6.03. The molecule has 0 bridgehead atoms. The fraction of sp³-hybridized carbons (Fsp3) is 0.385. The number of aromatic nitrogens is 4. The highest BCUT2D eigenvalue weighted by molar-refractivity contribution is 6.28. The van der Waals surface area contributed by atoms with Gasteiger partial charge >= 0.3 is 0 Å². The zero-order chi connectivity index (χ0) is 14.7. The van der Waals surface area contributed by atoms with Crippen LogP contribution in [0.1, 0.15) is 0 Å².